The number of rotatable bonds is 6. The van der Waals surface area contributed by atoms with E-state index in [-0.39, 0.29) is 11.7 Å². The van der Waals surface area contributed by atoms with Gasteiger partial charge in [-0.1, -0.05) is 18.5 Å². The average Bonchev–Trinajstić information content (AvgIpc) is 3.19. The summed E-state index contributed by atoms with van der Waals surface area (Å²) in [5, 5.41) is 9.44. The Balaban J connectivity index is 1.65. The van der Waals surface area contributed by atoms with Crippen molar-refractivity contribution in [2.45, 2.75) is 26.2 Å². The van der Waals surface area contributed by atoms with Crippen LogP contribution in [0.4, 0.5) is 11.4 Å². The normalized spacial score (nSPS) is 15.9. The highest BCUT2D eigenvalue weighted by Crippen LogP contribution is 2.28. The van der Waals surface area contributed by atoms with Crippen LogP contribution in [-0.4, -0.2) is 24.9 Å². The number of carbonyl (C=O) groups is 2. The van der Waals surface area contributed by atoms with Crippen LogP contribution >= 0.6 is 11.6 Å². The molecule has 27 heavy (non-hydrogen) atoms. The Morgan fingerprint density at radius 2 is 2.00 bits per heavy atom. The Kier molecular flexibility index (Phi) is 6.53. The lowest BCUT2D eigenvalue weighted by atomic mass is 9.84. The van der Waals surface area contributed by atoms with Crippen LogP contribution in [-0.2, 0) is 4.79 Å². The Hall–Kier alpha value is -2.31. The van der Waals surface area contributed by atoms with Crippen LogP contribution in [0.1, 0.15) is 36.7 Å². The first kappa shape index (κ1) is 19.5. The molecule has 6 nitrogen and oxygen atoms in total. The van der Waals surface area contributed by atoms with E-state index in [1.54, 1.807) is 30.3 Å². The van der Waals surface area contributed by atoms with Crippen molar-refractivity contribution >= 4 is 34.8 Å². The second kappa shape index (κ2) is 9.06. The van der Waals surface area contributed by atoms with Gasteiger partial charge in [0.05, 0.1) is 17.6 Å². The second-order valence-corrected chi connectivity index (χ2v) is 7.37. The molecule has 1 aromatic heterocycles. The molecule has 0 aliphatic carbocycles. The molecule has 1 saturated heterocycles. The van der Waals surface area contributed by atoms with Crippen LogP contribution in [0, 0.1) is 11.8 Å². The van der Waals surface area contributed by atoms with Gasteiger partial charge >= 0.3 is 0 Å². The SMILES string of the molecule is CC(CC(=O)Nc1ccc(Cl)cc1NC(=O)c1ccco1)C1CCNCC1. The van der Waals surface area contributed by atoms with Crippen LogP contribution in [0.5, 0.6) is 0 Å². The van der Waals surface area contributed by atoms with E-state index in [1.807, 2.05) is 0 Å². The van der Waals surface area contributed by atoms with E-state index in [2.05, 4.69) is 22.9 Å². The molecule has 0 radical (unpaired) electrons. The third-order valence-corrected chi connectivity index (χ3v) is 5.18. The van der Waals surface area contributed by atoms with Gasteiger partial charge < -0.3 is 20.4 Å². The highest BCUT2D eigenvalue weighted by molar-refractivity contribution is 6.31. The van der Waals surface area contributed by atoms with Crippen LogP contribution < -0.4 is 16.0 Å². The predicted molar refractivity (Wildman–Crippen MR) is 106 cm³/mol. The van der Waals surface area contributed by atoms with Gasteiger partial charge in [-0.25, -0.2) is 0 Å². The second-order valence-electron chi connectivity index (χ2n) is 6.94. The molecule has 0 bridgehead atoms. The maximum absolute atomic E-state index is 12.5. The van der Waals surface area contributed by atoms with E-state index in [4.69, 9.17) is 16.0 Å². The zero-order valence-electron chi connectivity index (χ0n) is 15.3. The minimum atomic E-state index is -0.402. The van der Waals surface area contributed by atoms with Gasteiger partial charge in [0.1, 0.15) is 0 Å². The van der Waals surface area contributed by atoms with Crippen LogP contribution in [0.3, 0.4) is 0 Å². The lowest BCUT2D eigenvalue weighted by Gasteiger charge is -2.28. The molecule has 1 aliphatic rings. The predicted octanol–water partition coefficient (Wildman–Crippen LogP) is 4.15. The zero-order valence-corrected chi connectivity index (χ0v) is 16.0. The van der Waals surface area contributed by atoms with E-state index in [0.717, 1.165) is 25.9 Å². The van der Waals surface area contributed by atoms with E-state index in [9.17, 15) is 9.59 Å². The van der Waals surface area contributed by atoms with E-state index in [1.165, 1.54) is 6.26 Å². The number of piperidine rings is 1. The molecule has 144 valence electrons. The third kappa shape index (κ3) is 5.34. The van der Waals surface area contributed by atoms with Gasteiger partial charge in [0, 0.05) is 11.4 Å². The average molecular weight is 390 g/mol. The van der Waals surface area contributed by atoms with Crippen LogP contribution in [0.2, 0.25) is 5.02 Å². The first-order valence-electron chi connectivity index (χ1n) is 9.18. The topological polar surface area (TPSA) is 83.4 Å². The number of amides is 2. The van der Waals surface area contributed by atoms with Crippen LogP contribution in [0.15, 0.2) is 41.0 Å². The van der Waals surface area contributed by atoms with Gasteiger partial charge in [-0.05, 0) is 68.1 Å². The number of carbonyl (C=O) groups excluding carboxylic acids is 2. The van der Waals surface area contributed by atoms with Gasteiger partial charge in [0.25, 0.3) is 5.91 Å². The quantitative estimate of drug-likeness (QED) is 0.693. The summed E-state index contributed by atoms with van der Waals surface area (Å²) in [5.41, 5.74) is 0.952. The van der Waals surface area contributed by atoms with E-state index >= 15 is 0 Å². The smallest absolute Gasteiger partial charge is 0.291 e. The molecule has 1 aliphatic heterocycles. The Morgan fingerprint density at radius 1 is 1.22 bits per heavy atom. The number of benzene rings is 1. The molecule has 3 N–H and O–H groups in total. The van der Waals surface area contributed by atoms with Gasteiger partial charge in [-0.15, -0.1) is 0 Å². The fraction of sp³-hybridized carbons (Fsp3) is 0.400. The van der Waals surface area contributed by atoms with Crippen LogP contribution in [0.25, 0.3) is 0 Å². The van der Waals surface area contributed by atoms with Crippen molar-refractivity contribution in [2.75, 3.05) is 23.7 Å². The van der Waals surface area contributed by atoms with E-state index < -0.39 is 5.91 Å². The Labute approximate surface area is 163 Å². The summed E-state index contributed by atoms with van der Waals surface area (Å²) in [6.45, 7) is 4.14. The number of halogens is 1. The summed E-state index contributed by atoms with van der Waals surface area (Å²) in [7, 11) is 0. The highest BCUT2D eigenvalue weighted by atomic mass is 35.5. The lowest BCUT2D eigenvalue weighted by molar-refractivity contribution is -0.117. The van der Waals surface area contributed by atoms with E-state index in [0.29, 0.717) is 34.7 Å². The molecule has 3 rings (SSSR count). The number of nitrogens with one attached hydrogen (secondary N) is 3. The Morgan fingerprint density at radius 3 is 2.70 bits per heavy atom. The Bertz CT molecular complexity index is 786. The van der Waals surface area contributed by atoms with Crippen molar-refractivity contribution in [3.05, 3.63) is 47.4 Å². The van der Waals surface area contributed by atoms with Gasteiger partial charge in [-0.3, -0.25) is 9.59 Å². The lowest BCUT2D eigenvalue weighted by Crippen LogP contribution is -2.32. The van der Waals surface area contributed by atoms with Crippen molar-refractivity contribution in [2.24, 2.45) is 11.8 Å². The number of hydrogen-bond acceptors (Lipinski definition) is 4. The van der Waals surface area contributed by atoms with Gasteiger partial charge in [0.2, 0.25) is 5.91 Å². The molecule has 0 saturated carbocycles. The largest absolute Gasteiger partial charge is 0.459 e. The first-order chi connectivity index (χ1) is 13.0. The van der Waals surface area contributed by atoms with Gasteiger partial charge in [-0.2, -0.15) is 0 Å². The van der Waals surface area contributed by atoms with Gasteiger partial charge in [0.15, 0.2) is 5.76 Å². The number of anilines is 2. The molecule has 1 aromatic carbocycles. The third-order valence-electron chi connectivity index (χ3n) is 4.94. The molecule has 0 spiro atoms. The maximum Gasteiger partial charge on any atom is 0.291 e. The zero-order chi connectivity index (χ0) is 19.2. The molecule has 2 amide bonds. The summed E-state index contributed by atoms with van der Waals surface area (Å²) in [4.78, 5) is 24.8. The molecule has 2 aromatic rings. The maximum atomic E-state index is 12.5. The minimum Gasteiger partial charge on any atom is -0.459 e. The molecule has 1 atom stereocenters. The number of furan rings is 1. The monoisotopic (exact) mass is 389 g/mol. The highest BCUT2D eigenvalue weighted by Gasteiger charge is 2.22. The van der Waals surface area contributed by atoms with Crippen molar-refractivity contribution in [1.29, 1.82) is 0 Å². The fourth-order valence-corrected chi connectivity index (χ4v) is 3.57. The molecule has 7 heteroatoms. The summed E-state index contributed by atoms with van der Waals surface area (Å²) in [6.07, 6.45) is 4.07. The molecule has 1 fully saturated rings. The first-order valence-corrected chi connectivity index (χ1v) is 9.55. The molecule has 2 heterocycles. The summed E-state index contributed by atoms with van der Waals surface area (Å²) < 4.78 is 5.10. The van der Waals surface area contributed by atoms with Crippen molar-refractivity contribution < 1.29 is 14.0 Å². The standard InChI is InChI=1S/C20H24ClN3O3/c1-13(14-6-8-22-9-7-14)11-19(25)23-16-5-4-15(21)12-17(16)24-20(26)18-3-2-10-27-18/h2-5,10,12-14,22H,6-9,11H2,1H3,(H,23,25)(H,24,26). The minimum absolute atomic E-state index is 0.0724. The number of hydrogen-bond donors (Lipinski definition) is 3. The van der Waals surface area contributed by atoms with Crippen molar-refractivity contribution in [1.82, 2.24) is 5.32 Å². The molecular weight excluding hydrogens is 366 g/mol. The summed E-state index contributed by atoms with van der Waals surface area (Å²) in [6, 6.07) is 8.17. The summed E-state index contributed by atoms with van der Waals surface area (Å²) in [5.74, 6) is 0.574. The molecular formula is C20H24ClN3O3. The summed E-state index contributed by atoms with van der Waals surface area (Å²) >= 11 is 6.05. The van der Waals surface area contributed by atoms with Crippen molar-refractivity contribution in [3.63, 3.8) is 0 Å². The molecule has 1 unspecified atom stereocenters. The van der Waals surface area contributed by atoms with Crippen molar-refractivity contribution in [3.8, 4) is 0 Å². The fourth-order valence-electron chi connectivity index (χ4n) is 3.39.